The van der Waals surface area contributed by atoms with E-state index in [1.54, 1.807) is 6.08 Å². The first-order valence-corrected chi connectivity index (χ1v) is 13.2. The van der Waals surface area contributed by atoms with Crippen molar-refractivity contribution >= 4 is 10.0 Å². The molecule has 0 amide bonds. The normalized spacial score (nSPS) is 21.5. The van der Waals surface area contributed by atoms with E-state index in [4.69, 9.17) is 4.74 Å². The zero-order valence-electron chi connectivity index (χ0n) is 18.6. The van der Waals surface area contributed by atoms with Crippen molar-refractivity contribution in [3.8, 4) is 0 Å². The molecule has 0 unspecified atom stereocenters. The maximum absolute atomic E-state index is 11.8. The Labute approximate surface area is 191 Å². The maximum atomic E-state index is 11.8. The van der Waals surface area contributed by atoms with Gasteiger partial charge in [-0.25, -0.2) is 8.42 Å². The van der Waals surface area contributed by atoms with Gasteiger partial charge in [-0.05, 0) is 54.7 Å². The first kappa shape index (κ1) is 22.5. The average Bonchev–Trinajstić information content (AvgIpc) is 2.80. The van der Waals surface area contributed by atoms with Crippen LogP contribution >= 0.6 is 0 Å². The van der Waals surface area contributed by atoms with Crippen LogP contribution in [0.1, 0.15) is 42.7 Å². The number of allylic oxidation sites excluding steroid dienone is 1. The number of hydrogen-bond acceptors (Lipinski definition) is 4. The molecule has 0 aromatic heterocycles. The fourth-order valence-electron chi connectivity index (χ4n) is 4.54. The standard InChI is InChI=1S/C26H32N2O3S/c1-32(29,30)27-25-16-17-28(18-21-8-4-2-5-9-21)19-26(25)31-20-22-12-14-24(15-13-22)23-10-6-3-7-11-23/h2-11,16-17,22,24,27H,12-15,18-20H2,1H3/t22-,24+. The third-order valence-electron chi connectivity index (χ3n) is 6.23. The third kappa shape index (κ3) is 6.39. The Hall–Kier alpha value is -2.73. The van der Waals surface area contributed by atoms with Crippen molar-refractivity contribution in [2.24, 2.45) is 5.92 Å². The largest absolute Gasteiger partial charge is 0.494 e. The summed E-state index contributed by atoms with van der Waals surface area (Å²) >= 11 is 0. The molecule has 0 radical (unpaired) electrons. The van der Waals surface area contributed by atoms with Gasteiger partial charge in [0.15, 0.2) is 0 Å². The van der Waals surface area contributed by atoms with E-state index in [0.29, 0.717) is 36.4 Å². The zero-order valence-corrected chi connectivity index (χ0v) is 19.4. The van der Waals surface area contributed by atoms with Crippen molar-refractivity contribution < 1.29 is 13.2 Å². The van der Waals surface area contributed by atoms with Crippen LogP contribution in [-0.4, -0.2) is 32.7 Å². The molecule has 170 valence electrons. The molecule has 1 fully saturated rings. The minimum Gasteiger partial charge on any atom is -0.494 e. The molecule has 1 aliphatic heterocycles. The van der Waals surface area contributed by atoms with Crippen LogP contribution in [0.5, 0.6) is 0 Å². The summed E-state index contributed by atoms with van der Waals surface area (Å²) in [4.78, 5) is 2.14. The molecule has 1 heterocycles. The molecule has 1 N–H and O–H groups in total. The average molecular weight is 453 g/mol. The lowest BCUT2D eigenvalue weighted by Gasteiger charge is -2.31. The number of sulfonamides is 1. The fraction of sp³-hybridized carbons (Fsp3) is 0.385. The van der Waals surface area contributed by atoms with Crippen LogP contribution in [0.3, 0.4) is 0 Å². The molecule has 1 saturated carbocycles. The van der Waals surface area contributed by atoms with Gasteiger partial charge in [0.05, 0.1) is 25.1 Å². The molecular formula is C26H32N2O3S. The Morgan fingerprint density at radius 2 is 1.62 bits per heavy atom. The summed E-state index contributed by atoms with van der Waals surface area (Å²) in [5, 5.41) is 0. The Kier molecular flexibility index (Phi) is 7.20. The van der Waals surface area contributed by atoms with E-state index in [0.717, 1.165) is 19.4 Å². The smallest absolute Gasteiger partial charge is 0.229 e. The first-order chi connectivity index (χ1) is 15.5. The van der Waals surface area contributed by atoms with Gasteiger partial charge < -0.3 is 9.64 Å². The molecule has 6 heteroatoms. The second kappa shape index (κ2) is 10.3. The first-order valence-electron chi connectivity index (χ1n) is 11.3. The summed E-state index contributed by atoms with van der Waals surface area (Å²) in [6.45, 7) is 1.92. The lowest BCUT2D eigenvalue weighted by atomic mass is 9.79. The highest BCUT2D eigenvalue weighted by Crippen LogP contribution is 2.36. The molecule has 0 spiro atoms. The summed E-state index contributed by atoms with van der Waals surface area (Å²) < 4.78 is 32.6. The number of nitrogens with one attached hydrogen (secondary N) is 1. The van der Waals surface area contributed by atoms with Crippen LogP contribution in [0, 0.1) is 5.92 Å². The number of benzene rings is 2. The van der Waals surface area contributed by atoms with E-state index in [2.05, 4.69) is 52.1 Å². The summed E-state index contributed by atoms with van der Waals surface area (Å²) in [5.41, 5.74) is 3.17. The van der Waals surface area contributed by atoms with Crippen molar-refractivity contribution in [2.45, 2.75) is 38.1 Å². The topological polar surface area (TPSA) is 58.6 Å². The van der Waals surface area contributed by atoms with Crippen molar-refractivity contribution in [1.29, 1.82) is 0 Å². The van der Waals surface area contributed by atoms with Crippen LogP contribution < -0.4 is 4.72 Å². The van der Waals surface area contributed by atoms with Gasteiger partial charge in [0.2, 0.25) is 10.0 Å². The molecule has 5 nitrogen and oxygen atoms in total. The highest BCUT2D eigenvalue weighted by Gasteiger charge is 2.24. The summed E-state index contributed by atoms with van der Waals surface area (Å²) in [6.07, 6.45) is 9.51. The molecule has 2 aromatic rings. The van der Waals surface area contributed by atoms with Crippen LogP contribution in [-0.2, 0) is 21.3 Å². The summed E-state index contributed by atoms with van der Waals surface area (Å²) in [5.74, 6) is 1.82. The van der Waals surface area contributed by atoms with Gasteiger partial charge in [-0.1, -0.05) is 60.7 Å². The minimum absolute atomic E-state index is 0.496. The zero-order chi connectivity index (χ0) is 22.4. The predicted octanol–water partition coefficient (Wildman–Crippen LogP) is 4.77. The maximum Gasteiger partial charge on any atom is 0.229 e. The molecule has 4 rings (SSSR count). The lowest BCUT2D eigenvalue weighted by Crippen LogP contribution is -2.31. The summed E-state index contributed by atoms with van der Waals surface area (Å²) in [7, 11) is -3.37. The molecule has 0 saturated heterocycles. The third-order valence-corrected chi connectivity index (χ3v) is 6.82. The van der Waals surface area contributed by atoms with Crippen LogP contribution in [0.2, 0.25) is 0 Å². The molecule has 32 heavy (non-hydrogen) atoms. The number of ether oxygens (including phenoxy) is 1. The van der Waals surface area contributed by atoms with E-state index in [1.165, 1.54) is 30.2 Å². The van der Waals surface area contributed by atoms with Crippen LogP contribution in [0.15, 0.2) is 84.4 Å². The van der Waals surface area contributed by atoms with Gasteiger partial charge in [-0.2, -0.15) is 0 Å². The molecule has 2 aromatic carbocycles. The Morgan fingerprint density at radius 3 is 2.28 bits per heavy atom. The Morgan fingerprint density at radius 1 is 0.969 bits per heavy atom. The van der Waals surface area contributed by atoms with Gasteiger partial charge in [-0.15, -0.1) is 0 Å². The predicted molar refractivity (Wildman–Crippen MR) is 128 cm³/mol. The van der Waals surface area contributed by atoms with Gasteiger partial charge in [0, 0.05) is 12.7 Å². The SMILES string of the molecule is CS(=O)(=O)NC1=C(OC[C@H]2CC[C@@H](c3ccccc3)CC2)CN(Cc2ccccc2)C=C1. The monoisotopic (exact) mass is 452 g/mol. The molecular weight excluding hydrogens is 420 g/mol. The van der Waals surface area contributed by atoms with Gasteiger partial charge in [0.1, 0.15) is 5.76 Å². The summed E-state index contributed by atoms with van der Waals surface area (Å²) in [6, 6.07) is 21.0. The van der Waals surface area contributed by atoms with Gasteiger partial charge in [-0.3, -0.25) is 4.72 Å². The Balaban J connectivity index is 1.36. The molecule has 0 atom stereocenters. The van der Waals surface area contributed by atoms with Gasteiger partial charge >= 0.3 is 0 Å². The van der Waals surface area contributed by atoms with E-state index in [-0.39, 0.29) is 0 Å². The van der Waals surface area contributed by atoms with E-state index in [9.17, 15) is 8.42 Å². The van der Waals surface area contributed by atoms with Gasteiger partial charge in [0.25, 0.3) is 0 Å². The number of hydrogen-bond donors (Lipinski definition) is 1. The second-order valence-corrected chi connectivity index (χ2v) is 10.6. The van der Waals surface area contributed by atoms with Crippen LogP contribution in [0.4, 0.5) is 0 Å². The molecule has 2 aliphatic rings. The minimum atomic E-state index is -3.37. The fourth-order valence-corrected chi connectivity index (χ4v) is 5.12. The van der Waals surface area contributed by atoms with Crippen molar-refractivity contribution in [3.05, 3.63) is 95.5 Å². The number of rotatable bonds is 8. The van der Waals surface area contributed by atoms with Crippen molar-refractivity contribution in [3.63, 3.8) is 0 Å². The second-order valence-electron chi connectivity index (χ2n) is 8.86. The van der Waals surface area contributed by atoms with E-state index < -0.39 is 10.0 Å². The number of nitrogens with zero attached hydrogens (tertiary/aromatic N) is 1. The molecule has 1 aliphatic carbocycles. The molecule has 0 bridgehead atoms. The Bertz CT molecular complexity index is 1040. The van der Waals surface area contributed by atoms with E-state index in [1.807, 2.05) is 24.4 Å². The van der Waals surface area contributed by atoms with Crippen molar-refractivity contribution in [1.82, 2.24) is 9.62 Å². The highest BCUT2D eigenvalue weighted by molar-refractivity contribution is 7.88. The quantitative estimate of drug-likeness (QED) is 0.627. The van der Waals surface area contributed by atoms with E-state index >= 15 is 0 Å². The lowest BCUT2D eigenvalue weighted by molar-refractivity contribution is 0.119. The highest BCUT2D eigenvalue weighted by atomic mass is 32.2. The van der Waals surface area contributed by atoms with Crippen molar-refractivity contribution in [2.75, 3.05) is 19.4 Å². The van der Waals surface area contributed by atoms with Crippen LogP contribution in [0.25, 0.3) is 0 Å².